The summed E-state index contributed by atoms with van der Waals surface area (Å²) in [5.41, 5.74) is 1.11. The molecule has 2 amide bonds. The number of anilines is 1. The van der Waals surface area contributed by atoms with E-state index in [1.807, 2.05) is 49.9 Å². The minimum absolute atomic E-state index is 0.0402. The molecule has 3 rings (SSSR count). The average Bonchev–Trinajstić information content (AvgIpc) is 2.98. The van der Waals surface area contributed by atoms with E-state index in [4.69, 9.17) is 4.74 Å². The van der Waals surface area contributed by atoms with Crippen molar-refractivity contribution in [2.24, 2.45) is 5.92 Å². The van der Waals surface area contributed by atoms with E-state index in [1.54, 1.807) is 4.90 Å². The molecule has 0 spiro atoms. The van der Waals surface area contributed by atoms with Crippen LogP contribution in [0.4, 0.5) is 10.5 Å². The van der Waals surface area contributed by atoms with Crippen molar-refractivity contribution < 1.29 is 14.3 Å². The Balaban J connectivity index is 1.53. The Kier molecular flexibility index (Phi) is 6.86. The highest BCUT2D eigenvalue weighted by atomic mass is 16.6. The first-order valence-corrected chi connectivity index (χ1v) is 10.8. The molecule has 0 atom stereocenters. The molecule has 2 aliphatic rings. The number of benzene rings is 1. The molecule has 2 saturated heterocycles. The van der Waals surface area contributed by atoms with Crippen LogP contribution in [0.3, 0.4) is 0 Å². The summed E-state index contributed by atoms with van der Waals surface area (Å²) >= 11 is 0. The number of carbonyl (C=O) groups excluding carboxylic acids is 2. The van der Waals surface area contributed by atoms with Crippen molar-refractivity contribution in [2.75, 3.05) is 44.2 Å². The Morgan fingerprint density at radius 3 is 2.37 bits per heavy atom. The van der Waals surface area contributed by atoms with E-state index in [2.05, 4.69) is 11.0 Å². The highest BCUT2D eigenvalue weighted by Crippen LogP contribution is 2.24. The molecule has 0 aliphatic carbocycles. The first-order chi connectivity index (χ1) is 14.3. The zero-order valence-corrected chi connectivity index (χ0v) is 18.3. The molecule has 1 aromatic carbocycles. The second-order valence-corrected chi connectivity index (χ2v) is 9.04. The maximum Gasteiger partial charge on any atom is 0.410 e. The molecule has 7 nitrogen and oxygen atoms in total. The van der Waals surface area contributed by atoms with Gasteiger partial charge >= 0.3 is 6.09 Å². The fraction of sp³-hybridized carbons (Fsp3) is 0.609. The number of rotatable bonds is 2. The molecule has 2 fully saturated rings. The lowest BCUT2D eigenvalue weighted by Gasteiger charge is -2.35. The molecule has 0 radical (unpaired) electrons. The lowest BCUT2D eigenvalue weighted by atomic mass is 9.95. The van der Waals surface area contributed by atoms with Crippen LogP contribution >= 0.6 is 0 Å². The van der Waals surface area contributed by atoms with Crippen molar-refractivity contribution in [3.05, 3.63) is 29.8 Å². The zero-order valence-electron chi connectivity index (χ0n) is 18.3. The molecule has 0 N–H and O–H groups in total. The van der Waals surface area contributed by atoms with E-state index < -0.39 is 5.60 Å². The van der Waals surface area contributed by atoms with Crippen LogP contribution in [0.25, 0.3) is 0 Å². The Hall–Kier alpha value is -2.75. The van der Waals surface area contributed by atoms with E-state index in [9.17, 15) is 14.9 Å². The molecule has 30 heavy (non-hydrogen) atoms. The predicted octanol–water partition coefficient (Wildman–Crippen LogP) is 3.24. The molecular formula is C23H32N4O3. The second kappa shape index (κ2) is 9.38. The Morgan fingerprint density at radius 2 is 1.70 bits per heavy atom. The summed E-state index contributed by atoms with van der Waals surface area (Å²) in [5, 5.41) is 9.37. The molecule has 0 aromatic heterocycles. The number of nitrogens with zero attached hydrogens (tertiary/aromatic N) is 4. The molecule has 0 unspecified atom stereocenters. The number of hydrogen-bond donors (Lipinski definition) is 0. The Labute approximate surface area is 179 Å². The van der Waals surface area contributed by atoms with Crippen LogP contribution in [0, 0.1) is 17.2 Å². The van der Waals surface area contributed by atoms with Crippen LogP contribution in [-0.4, -0.2) is 66.7 Å². The number of ether oxygens (including phenoxy) is 1. The number of amides is 2. The lowest BCUT2D eigenvalue weighted by molar-refractivity contribution is -0.136. The topological polar surface area (TPSA) is 76.9 Å². The third-order valence-corrected chi connectivity index (χ3v) is 5.67. The van der Waals surface area contributed by atoms with Gasteiger partial charge in [0.25, 0.3) is 0 Å². The molecule has 7 heteroatoms. The van der Waals surface area contributed by atoms with Crippen LogP contribution in [0.2, 0.25) is 0 Å². The summed E-state index contributed by atoms with van der Waals surface area (Å²) in [6.07, 6.45) is 1.93. The Morgan fingerprint density at radius 1 is 1.00 bits per heavy atom. The van der Waals surface area contributed by atoms with Crippen molar-refractivity contribution in [3.63, 3.8) is 0 Å². The number of carbonyl (C=O) groups is 2. The minimum Gasteiger partial charge on any atom is -0.444 e. The van der Waals surface area contributed by atoms with E-state index in [0.29, 0.717) is 38.0 Å². The van der Waals surface area contributed by atoms with Gasteiger partial charge in [0, 0.05) is 45.2 Å². The SMILES string of the molecule is CC(C)(C)OC(=O)N1CCC(C(=O)N2CCCN(c3ccccc3C#N)CC2)CC1. The van der Waals surface area contributed by atoms with Crippen molar-refractivity contribution in [1.82, 2.24) is 9.80 Å². The Bertz CT molecular complexity index is 803. The molecule has 162 valence electrons. The van der Waals surface area contributed by atoms with Gasteiger partial charge in [-0.3, -0.25) is 4.79 Å². The molecule has 2 aliphatic heterocycles. The molecule has 2 heterocycles. The minimum atomic E-state index is -0.508. The van der Waals surface area contributed by atoms with Crippen LogP contribution in [0.15, 0.2) is 24.3 Å². The largest absolute Gasteiger partial charge is 0.444 e. The fourth-order valence-electron chi connectivity index (χ4n) is 4.12. The third-order valence-electron chi connectivity index (χ3n) is 5.67. The standard InChI is InChI=1S/C23H32N4O3/c1-23(2,3)30-22(29)27-13-9-18(10-14-27)21(28)26-12-6-11-25(15-16-26)20-8-5-4-7-19(20)17-24/h4-5,7-8,18H,6,9-16H2,1-3H3. The summed E-state index contributed by atoms with van der Waals surface area (Å²) in [4.78, 5) is 31.2. The number of piperidine rings is 1. The lowest BCUT2D eigenvalue weighted by Crippen LogP contribution is -2.46. The smallest absolute Gasteiger partial charge is 0.410 e. The number of nitriles is 1. The van der Waals surface area contributed by atoms with Gasteiger partial charge in [-0.1, -0.05) is 12.1 Å². The van der Waals surface area contributed by atoms with Crippen molar-refractivity contribution in [3.8, 4) is 6.07 Å². The highest BCUT2D eigenvalue weighted by molar-refractivity contribution is 5.79. The van der Waals surface area contributed by atoms with Gasteiger partial charge in [0.1, 0.15) is 11.7 Å². The van der Waals surface area contributed by atoms with Crippen molar-refractivity contribution in [2.45, 2.75) is 45.6 Å². The van der Waals surface area contributed by atoms with Crippen LogP contribution < -0.4 is 4.90 Å². The van der Waals surface area contributed by atoms with E-state index in [-0.39, 0.29) is 17.9 Å². The maximum atomic E-state index is 13.1. The van der Waals surface area contributed by atoms with E-state index in [1.165, 1.54) is 0 Å². The monoisotopic (exact) mass is 412 g/mol. The number of likely N-dealkylation sites (tertiary alicyclic amines) is 1. The van der Waals surface area contributed by atoms with Gasteiger partial charge in [-0.2, -0.15) is 5.26 Å². The highest BCUT2D eigenvalue weighted by Gasteiger charge is 2.32. The van der Waals surface area contributed by atoms with Gasteiger partial charge in [-0.15, -0.1) is 0 Å². The first-order valence-electron chi connectivity index (χ1n) is 10.8. The normalized spacial score (nSPS) is 18.5. The summed E-state index contributed by atoms with van der Waals surface area (Å²) in [5.74, 6) is 0.149. The third kappa shape index (κ3) is 5.44. The van der Waals surface area contributed by atoms with Gasteiger partial charge in [0.05, 0.1) is 11.3 Å². The number of hydrogen-bond acceptors (Lipinski definition) is 5. The zero-order chi connectivity index (χ0) is 21.7. The summed E-state index contributed by atoms with van der Waals surface area (Å²) in [7, 11) is 0. The summed E-state index contributed by atoms with van der Waals surface area (Å²) < 4.78 is 5.44. The summed E-state index contributed by atoms with van der Waals surface area (Å²) in [6.45, 7) is 9.64. The number of para-hydroxylation sites is 1. The maximum absolute atomic E-state index is 13.1. The van der Waals surface area contributed by atoms with Crippen LogP contribution in [0.1, 0.15) is 45.6 Å². The van der Waals surface area contributed by atoms with Crippen molar-refractivity contribution in [1.29, 1.82) is 5.26 Å². The van der Waals surface area contributed by atoms with Gasteiger partial charge in [-0.25, -0.2) is 4.79 Å². The fourth-order valence-corrected chi connectivity index (χ4v) is 4.12. The predicted molar refractivity (Wildman–Crippen MR) is 115 cm³/mol. The van der Waals surface area contributed by atoms with Gasteiger partial charge in [0.15, 0.2) is 0 Å². The average molecular weight is 413 g/mol. The van der Waals surface area contributed by atoms with Crippen LogP contribution in [0.5, 0.6) is 0 Å². The van der Waals surface area contributed by atoms with E-state index >= 15 is 0 Å². The molecular weight excluding hydrogens is 380 g/mol. The van der Waals surface area contributed by atoms with Gasteiger partial charge < -0.3 is 19.4 Å². The first kappa shape index (κ1) is 21.9. The van der Waals surface area contributed by atoms with Gasteiger partial charge in [0.2, 0.25) is 5.91 Å². The quantitative estimate of drug-likeness (QED) is 0.745. The molecule has 1 aromatic rings. The summed E-state index contributed by atoms with van der Waals surface area (Å²) in [6, 6.07) is 9.89. The second-order valence-electron chi connectivity index (χ2n) is 9.04. The van der Waals surface area contributed by atoms with Crippen molar-refractivity contribution >= 4 is 17.7 Å². The van der Waals surface area contributed by atoms with E-state index in [0.717, 1.165) is 31.7 Å². The molecule has 0 saturated carbocycles. The van der Waals surface area contributed by atoms with Crippen LogP contribution in [-0.2, 0) is 9.53 Å². The molecule has 0 bridgehead atoms. The van der Waals surface area contributed by atoms with Gasteiger partial charge in [-0.05, 0) is 52.2 Å².